The Hall–Kier alpha value is -1.26. The normalized spacial score (nSPS) is 16.9. The molecule has 0 aliphatic heterocycles. The van der Waals surface area contributed by atoms with Gasteiger partial charge < -0.3 is 10.1 Å². The van der Waals surface area contributed by atoms with Crippen molar-refractivity contribution in [3.05, 3.63) is 43.7 Å². The molecule has 0 saturated carbocycles. The van der Waals surface area contributed by atoms with Gasteiger partial charge in [0.05, 0.1) is 8.93 Å². The fourth-order valence-corrected chi connectivity index (χ4v) is 4.76. The monoisotopic (exact) mass is 410 g/mol. The Morgan fingerprint density at radius 1 is 1.38 bits per heavy atom. The van der Waals surface area contributed by atoms with E-state index < -0.39 is 0 Å². The van der Waals surface area contributed by atoms with Crippen molar-refractivity contribution < 1.29 is 4.74 Å². The highest BCUT2D eigenvalue weighted by molar-refractivity contribution is 14.1. The number of anilines is 1. The van der Waals surface area contributed by atoms with Crippen LogP contribution >= 0.6 is 33.9 Å². The van der Waals surface area contributed by atoms with E-state index in [0.717, 1.165) is 11.4 Å². The summed E-state index contributed by atoms with van der Waals surface area (Å²) >= 11 is 4.32. The predicted octanol–water partition coefficient (Wildman–Crippen LogP) is 4.74. The molecule has 1 aromatic carbocycles. The third-order valence-corrected chi connectivity index (χ3v) is 5.55. The van der Waals surface area contributed by atoms with Crippen molar-refractivity contribution >= 4 is 39.6 Å². The van der Waals surface area contributed by atoms with E-state index in [2.05, 4.69) is 34.0 Å². The van der Waals surface area contributed by atoms with Crippen LogP contribution in [0.1, 0.15) is 29.3 Å². The molecule has 21 heavy (non-hydrogen) atoms. The number of fused-ring (bicyclic) bond motifs is 1. The molecule has 2 aromatic rings. The van der Waals surface area contributed by atoms with Crippen molar-refractivity contribution in [2.75, 3.05) is 11.9 Å². The number of hydrogen-bond donors (Lipinski definition) is 1. The molecule has 1 heterocycles. The molecule has 1 aromatic heterocycles. The first kappa shape index (κ1) is 14.7. The van der Waals surface area contributed by atoms with Crippen molar-refractivity contribution in [2.24, 2.45) is 0 Å². The van der Waals surface area contributed by atoms with Gasteiger partial charge in [-0.15, -0.1) is 11.3 Å². The van der Waals surface area contributed by atoms with Gasteiger partial charge in [-0.2, -0.15) is 5.26 Å². The molecule has 3 rings (SSSR count). The van der Waals surface area contributed by atoms with Gasteiger partial charge in [0.25, 0.3) is 0 Å². The number of nitriles is 1. The number of nitrogens with zero attached hydrogens (tertiary/aromatic N) is 1. The van der Waals surface area contributed by atoms with E-state index in [1.54, 1.807) is 0 Å². The van der Waals surface area contributed by atoms with Gasteiger partial charge in [0, 0.05) is 10.6 Å². The molecule has 1 unspecified atom stereocenters. The minimum absolute atomic E-state index is 0.0894. The summed E-state index contributed by atoms with van der Waals surface area (Å²) in [5, 5.41) is 12.1. The molecule has 3 nitrogen and oxygen atoms in total. The quantitative estimate of drug-likeness (QED) is 0.741. The molecular formula is C16H15IN2OS. The maximum absolute atomic E-state index is 8.51. The molecule has 1 atom stereocenters. The number of benzene rings is 1. The lowest BCUT2D eigenvalue weighted by atomic mass is 9.94. The Balaban J connectivity index is 1.71. The molecule has 108 valence electrons. The second kappa shape index (κ2) is 6.67. The van der Waals surface area contributed by atoms with Gasteiger partial charge in [-0.25, -0.2) is 0 Å². The number of hydrogen-bond acceptors (Lipinski definition) is 4. The summed E-state index contributed by atoms with van der Waals surface area (Å²) in [7, 11) is 0. The van der Waals surface area contributed by atoms with E-state index in [-0.39, 0.29) is 6.61 Å². The van der Waals surface area contributed by atoms with Gasteiger partial charge in [-0.05, 0) is 77.7 Å². The molecule has 1 aliphatic carbocycles. The number of thiophene rings is 1. The van der Waals surface area contributed by atoms with Gasteiger partial charge in [-0.1, -0.05) is 0 Å². The summed E-state index contributed by atoms with van der Waals surface area (Å²) in [5.41, 5.74) is 2.55. The fourth-order valence-electron chi connectivity index (χ4n) is 2.64. The van der Waals surface area contributed by atoms with Crippen molar-refractivity contribution in [1.82, 2.24) is 0 Å². The minimum Gasteiger partial charge on any atom is -0.479 e. The van der Waals surface area contributed by atoms with Crippen LogP contribution in [0.3, 0.4) is 0 Å². The van der Waals surface area contributed by atoms with Crippen LogP contribution in [0.2, 0.25) is 0 Å². The van der Waals surface area contributed by atoms with Crippen LogP contribution in [0, 0.1) is 14.2 Å². The Morgan fingerprint density at radius 2 is 2.19 bits per heavy atom. The molecule has 5 heteroatoms. The van der Waals surface area contributed by atoms with E-state index in [1.807, 2.05) is 41.7 Å². The van der Waals surface area contributed by atoms with Crippen LogP contribution in [0.5, 0.6) is 5.75 Å². The minimum atomic E-state index is 0.0894. The average Bonchev–Trinajstić information content (AvgIpc) is 2.88. The third-order valence-electron chi connectivity index (χ3n) is 3.58. The van der Waals surface area contributed by atoms with Gasteiger partial charge in [-0.3, -0.25) is 0 Å². The number of nitrogens with one attached hydrogen (secondary N) is 1. The van der Waals surface area contributed by atoms with E-state index in [4.69, 9.17) is 10.00 Å². The van der Waals surface area contributed by atoms with E-state index in [1.165, 1.54) is 32.6 Å². The van der Waals surface area contributed by atoms with Crippen molar-refractivity contribution in [3.8, 4) is 11.8 Å². The summed E-state index contributed by atoms with van der Waals surface area (Å²) in [5.74, 6) is 0.733. The second-order valence-corrected chi connectivity index (χ2v) is 8.02. The molecule has 0 spiro atoms. The summed E-state index contributed by atoms with van der Waals surface area (Å²) in [4.78, 5) is 1.53. The van der Waals surface area contributed by atoms with Gasteiger partial charge >= 0.3 is 0 Å². The molecule has 1 N–H and O–H groups in total. The summed E-state index contributed by atoms with van der Waals surface area (Å²) in [6.07, 6.45) is 3.62. The van der Waals surface area contributed by atoms with Gasteiger partial charge in [0.2, 0.25) is 0 Å². The summed E-state index contributed by atoms with van der Waals surface area (Å²) in [6, 6.07) is 12.5. The van der Waals surface area contributed by atoms with Crippen LogP contribution in [-0.4, -0.2) is 6.61 Å². The van der Waals surface area contributed by atoms with Crippen molar-refractivity contribution in [1.29, 1.82) is 5.26 Å². The number of halogens is 1. The highest BCUT2D eigenvalue weighted by Gasteiger charge is 2.22. The Bertz CT molecular complexity index is 660. The van der Waals surface area contributed by atoms with E-state index in [9.17, 15) is 0 Å². The molecule has 1 aliphatic rings. The molecule has 0 radical (unpaired) electrons. The zero-order valence-corrected chi connectivity index (χ0v) is 14.4. The van der Waals surface area contributed by atoms with E-state index in [0.29, 0.717) is 6.04 Å². The van der Waals surface area contributed by atoms with Crippen molar-refractivity contribution in [2.45, 2.75) is 25.3 Å². The lowest BCUT2D eigenvalue weighted by Gasteiger charge is -2.24. The van der Waals surface area contributed by atoms with Crippen LogP contribution < -0.4 is 10.1 Å². The van der Waals surface area contributed by atoms with Gasteiger partial charge in [0.1, 0.15) is 11.8 Å². The zero-order chi connectivity index (χ0) is 14.7. The third kappa shape index (κ3) is 3.50. The van der Waals surface area contributed by atoms with Crippen LogP contribution in [0.15, 0.2) is 30.3 Å². The predicted molar refractivity (Wildman–Crippen MR) is 93.9 cm³/mol. The summed E-state index contributed by atoms with van der Waals surface area (Å²) in [6.45, 7) is 0.0894. The molecular weight excluding hydrogens is 395 g/mol. The number of ether oxygens (including phenoxy) is 1. The van der Waals surface area contributed by atoms with Crippen LogP contribution in [0.4, 0.5) is 5.69 Å². The smallest absolute Gasteiger partial charge is 0.174 e. The maximum atomic E-state index is 8.51. The number of aryl methyl sites for hydroxylation is 1. The first-order valence-corrected chi connectivity index (χ1v) is 8.80. The van der Waals surface area contributed by atoms with E-state index >= 15 is 0 Å². The molecule has 0 fully saturated rings. The first-order valence-electron chi connectivity index (χ1n) is 6.91. The Morgan fingerprint density at radius 3 is 2.95 bits per heavy atom. The maximum Gasteiger partial charge on any atom is 0.174 e. The lowest BCUT2D eigenvalue weighted by Crippen LogP contribution is -2.15. The largest absolute Gasteiger partial charge is 0.479 e. The fraction of sp³-hybridized carbons (Fsp3) is 0.312. The first-order chi connectivity index (χ1) is 10.3. The Kier molecular flexibility index (Phi) is 4.66. The second-order valence-electron chi connectivity index (χ2n) is 4.99. The van der Waals surface area contributed by atoms with Crippen LogP contribution in [0.25, 0.3) is 0 Å². The molecule has 0 bridgehead atoms. The molecule has 0 amide bonds. The Labute approximate surface area is 142 Å². The highest BCUT2D eigenvalue weighted by atomic mass is 127. The summed E-state index contributed by atoms with van der Waals surface area (Å²) < 4.78 is 6.64. The number of rotatable bonds is 4. The molecule has 0 saturated heterocycles. The highest BCUT2D eigenvalue weighted by Crippen LogP contribution is 2.38. The van der Waals surface area contributed by atoms with Crippen molar-refractivity contribution in [3.63, 3.8) is 0 Å². The topological polar surface area (TPSA) is 45.0 Å². The van der Waals surface area contributed by atoms with Gasteiger partial charge in [0.15, 0.2) is 6.61 Å². The average molecular weight is 410 g/mol. The zero-order valence-electron chi connectivity index (χ0n) is 11.4. The standard InChI is InChI=1S/C16H15IN2OS/c17-16-10-13-14(2-1-3-15(13)21-16)19-11-4-6-12(7-5-11)20-9-8-18/h4-7,10,14,19H,1-3,9H2. The SMILES string of the molecule is N#CCOc1ccc(NC2CCCc3sc(I)cc32)cc1. The van der Waals surface area contributed by atoms with Crippen LogP contribution in [-0.2, 0) is 6.42 Å². The lowest BCUT2D eigenvalue weighted by molar-refractivity contribution is 0.368.